The maximum absolute atomic E-state index is 12.8. The zero-order valence-corrected chi connectivity index (χ0v) is 20.5. The van der Waals surface area contributed by atoms with E-state index in [0.717, 1.165) is 32.0 Å². The molecule has 1 aromatic carbocycles. The minimum atomic E-state index is -3.46. The monoisotopic (exact) mass is 489 g/mol. The van der Waals surface area contributed by atoms with E-state index in [2.05, 4.69) is 17.1 Å². The van der Waals surface area contributed by atoms with E-state index in [-0.39, 0.29) is 17.6 Å². The molecule has 9 heteroatoms. The van der Waals surface area contributed by atoms with Crippen LogP contribution in [0.1, 0.15) is 44.6 Å². The molecule has 1 aromatic rings. The Morgan fingerprint density at radius 1 is 1.06 bits per heavy atom. The fourth-order valence-corrected chi connectivity index (χ4v) is 6.14. The van der Waals surface area contributed by atoms with Gasteiger partial charge in [0.1, 0.15) is 0 Å². The normalized spacial score (nSPS) is 20.1. The lowest BCUT2D eigenvalue weighted by Gasteiger charge is -2.31. The molecule has 0 unspecified atom stereocenters. The summed E-state index contributed by atoms with van der Waals surface area (Å²) in [5.74, 6) is 0.645. The first-order valence-electron chi connectivity index (χ1n) is 11.2. The second-order valence-electron chi connectivity index (χ2n) is 8.85. The summed E-state index contributed by atoms with van der Waals surface area (Å²) in [5.41, 5.74) is 0.609. The number of rotatable bonds is 8. The largest absolute Gasteiger partial charge is 0.356 e. The Hall–Kier alpha value is -0.860. The molecule has 0 bridgehead atoms. The Bertz CT molecular complexity index is 850. The van der Waals surface area contributed by atoms with E-state index in [1.54, 1.807) is 18.2 Å². The van der Waals surface area contributed by atoms with Crippen LogP contribution in [0.3, 0.4) is 0 Å². The molecule has 2 saturated heterocycles. The summed E-state index contributed by atoms with van der Waals surface area (Å²) >= 11 is 11.9. The van der Waals surface area contributed by atoms with E-state index < -0.39 is 10.0 Å². The van der Waals surface area contributed by atoms with Crippen LogP contribution < -0.4 is 5.32 Å². The molecule has 1 amide bonds. The Morgan fingerprint density at radius 2 is 1.74 bits per heavy atom. The molecule has 3 rings (SSSR count). The summed E-state index contributed by atoms with van der Waals surface area (Å²) in [4.78, 5) is 15.0. The van der Waals surface area contributed by atoms with Gasteiger partial charge in [-0.05, 0) is 75.4 Å². The van der Waals surface area contributed by atoms with Crippen molar-refractivity contribution in [3.63, 3.8) is 0 Å². The fraction of sp³-hybridized carbons (Fsp3) is 0.682. The van der Waals surface area contributed by atoms with Gasteiger partial charge in [0.15, 0.2) is 0 Å². The van der Waals surface area contributed by atoms with Crippen molar-refractivity contribution in [2.24, 2.45) is 11.8 Å². The molecular weight excluding hydrogens is 457 g/mol. The van der Waals surface area contributed by atoms with Gasteiger partial charge in [-0.25, -0.2) is 12.7 Å². The molecule has 0 radical (unpaired) electrons. The molecule has 0 aromatic heterocycles. The van der Waals surface area contributed by atoms with Gasteiger partial charge in [0.05, 0.1) is 15.8 Å². The molecular formula is C22H33Cl2N3O3S. The predicted octanol–water partition coefficient (Wildman–Crippen LogP) is 3.77. The standard InChI is InChI=1S/C22H33Cl2N3O3S/c1-17-5-11-26(12-6-17)10-2-9-25-22(28)19-7-13-27(14-8-19)31(29,30)16-18-3-4-20(23)21(24)15-18/h3-4,15,17,19H,2,5-14,16H2,1H3,(H,25,28). The fourth-order valence-electron chi connectivity index (χ4n) is 4.27. The zero-order chi connectivity index (χ0) is 22.4. The maximum atomic E-state index is 12.8. The lowest BCUT2D eigenvalue weighted by Crippen LogP contribution is -2.43. The van der Waals surface area contributed by atoms with Crippen molar-refractivity contribution >= 4 is 39.1 Å². The second kappa shape index (κ2) is 11.3. The summed E-state index contributed by atoms with van der Waals surface area (Å²) < 4.78 is 27.0. The molecule has 2 aliphatic rings. The summed E-state index contributed by atoms with van der Waals surface area (Å²) in [7, 11) is -3.46. The first-order valence-corrected chi connectivity index (χ1v) is 13.5. The van der Waals surface area contributed by atoms with Gasteiger partial charge < -0.3 is 10.2 Å². The highest BCUT2D eigenvalue weighted by atomic mass is 35.5. The molecule has 0 spiro atoms. The summed E-state index contributed by atoms with van der Waals surface area (Å²) in [5, 5.41) is 3.79. The van der Waals surface area contributed by atoms with Crippen molar-refractivity contribution in [1.29, 1.82) is 0 Å². The van der Waals surface area contributed by atoms with Crippen LogP contribution >= 0.6 is 23.2 Å². The van der Waals surface area contributed by atoms with Gasteiger partial charge >= 0.3 is 0 Å². The van der Waals surface area contributed by atoms with Crippen molar-refractivity contribution in [3.8, 4) is 0 Å². The van der Waals surface area contributed by atoms with Crippen LogP contribution in [0.25, 0.3) is 0 Å². The molecule has 1 N–H and O–H groups in total. The second-order valence-corrected chi connectivity index (χ2v) is 11.6. The highest BCUT2D eigenvalue weighted by Gasteiger charge is 2.31. The number of hydrogen-bond acceptors (Lipinski definition) is 4. The average molecular weight is 490 g/mol. The molecule has 0 aliphatic carbocycles. The molecule has 0 atom stereocenters. The average Bonchev–Trinajstić information content (AvgIpc) is 2.75. The van der Waals surface area contributed by atoms with Gasteiger partial charge in [0, 0.05) is 25.6 Å². The SMILES string of the molecule is CC1CCN(CCCNC(=O)C2CCN(S(=O)(=O)Cc3ccc(Cl)c(Cl)c3)CC2)CC1. The van der Waals surface area contributed by atoms with Crippen LogP contribution in [0, 0.1) is 11.8 Å². The summed E-state index contributed by atoms with van der Waals surface area (Å²) in [6.07, 6.45) is 4.59. The quantitative estimate of drug-likeness (QED) is 0.564. The number of nitrogens with one attached hydrogen (secondary N) is 1. The van der Waals surface area contributed by atoms with E-state index in [4.69, 9.17) is 23.2 Å². The highest BCUT2D eigenvalue weighted by molar-refractivity contribution is 7.88. The Kier molecular flexibility index (Phi) is 9.05. The molecule has 31 heavy (non-hydrogen) atoms. The third kappa shape index (κ3) is 7.32. The molecule has 0 saturated carbocycles. The number of amides is 1. The van der Waals surface area contributed by atoms with Gasteiger partial charge in [-0.3, -0.25) is 4.79 Å². The molecule has 174 valence electrons. The van der Waals surface area contributed by atoms with Crippen molar-refractivity contribution in [3.05, 3.63) is 33.8 Å². The lowest BCUT2D eigenvalue weighted by molar-refractivity contribution is -0.126. The van der Waals surface area contributed by atoms with Crippen LogP contribution in [0.4, 0.5) is 0 Å². The van der Waals surface area contributed by atoms with Crippen LogP contribution in [0.2, 0.25) is 10.0 Å². The Morgan fingerprint density at radius 3 is 2.39 bits per heavy atom. The van der Waals surface area contributed by atoms with E-state index in [0.29, 0.717) is 48.1 Å². The minimum absolute atomic E-state index is 0.0498. The summed E-state index contributed by atoms with van der Waals surface area (Å²) in [6.45, 7) is 7.07. The Balaban J connectivity index is 1.38. The van der Waals surface area contributed by atoms with E-state index in [1.165, 1.54) is 17.1 Å². The highest BCUT2D eigenvalue weighted by Crippen LogP contribution is 2.26. The topological polar surface area (TPSA) is 69.7 Å². The van der Waals surface area contributed by atoms with Gasteiger partial charge in [0.25, 0.3) is 0 Å². The van der Waals surface area contributed by atoms with E-state index in [1.807, 2.05) is 0 Å². The number of sulfonamides is 1. The van der Waals surface area contributed by atoms with Crippen molar-refractivity contribution in [2.45, 2.75) is 44.8 Å². The number of benzene rings is 1. The molecule has 2 aliphatic heterocycles. The number of piperidine rings is 2. The molecule has 2 heterocycles. The van der Waals surface area contributed by atoms with Gasteiger partial charge in [-0.15, -0.1) is 0 Å². The predicted molar refractivity (Wildman–Crippen MR) is 126 cm³/mol. The van der Waals surface area contributed by atoms with Gasteiger partial charge in [0.2, 0.25) is 15.9 Å². The van der Waals surface area contributed by atoms with Crippen molar-refractivity contribution in [1.82, 2.24) is 14.5 Å². The van der Waals surface area contributed by atoms with E-state index >= 15 is 0 Å². The van der Waals surface area contributed by atoms with Crippen LogP contribution in [-0.2, 0) is 20.6 Å². The van der Waals surface area contributed by atoms with Crippen molar-refractivity contribution in [2.75, 3.05) is 39.3 Å². The van der Waals surface area contributed by atoms with E-state index in [9.17, 15) is 13.2 Å². The lowest BCUT2D eigenvalue weighted by atomic mass is 9.97. The molecule has 6 nitrogen and oxygen atoms in total. The summed E-state index contributed by atoms with van der Waals surface area (Å²) in [6, 6.07) is 4.87. The van der Waals surface area contributed by atoms with Crippen molar-refractivity contribution < 1.29 is 13.2 Å². The number of carbonyl (C=O) groups is 1. The number of halogens is 2. The first kappa shape index (κ1) is 24.8. The number of likely N-dealkylation sites (tertiary alicyclic amines) is 1. The smallest absolute Gasteiger partial charge is 0.223 e. The van der Waals surface area contributed by atoms with Gasteiger partial charge in [-0.1, -0.05) is 36.2 Å². The first-order chi connectivity index (χ1) is 14.7. The molecule has 2 fully saturated rings. The number of hydrogen-bond donors (Lipinski definition) is 1. The van der Waals surface area contributed by atoms with Gasteiger partial charge in [-0.2, -0.15) is 0 Å². The maximum Gasteiger partial charge on any atom is 0.223 e. The number of nitrogens with zero attached hydrogens (tertiary/aromatic N) is 2. The Labute approximate surface area is 196 Å². The third-order valence-electron chi connectivity index (χ3n) is 6.38. The zero-order valence-electron chi connectivity index (χ0n) is 18.2. The van der Waals surface area contributed by atoms with Crippen LogP contribution in [-0.4, -0.2) is 62.8 Å². The minimum Gasteiger partial charge on any atom is -0.356 e. The third-order valence-corrected chi connectivity index (χ3v) is 8.97. The van der Waals surface area contributed by atoms with Crippen LogP contribution in [0.15, 0.2) is 18.2 Å². The van der Waals surface area contributed by atoms with Crippen LogP contribution in [0.5, 0.6) is 0 Å². The number of carbonyl (C=O) groups excluding carboxylic acids is 1.